The van der Waals surface area contributed by atoms with Crippen LogP contribution in [0.4, 0.5) is 5.88 Å². The van der Waals surface area contributed by atoms with Crippen molar-refractivity contribution in [1.29, 1.82) is 0 Å². The first kappa shape index (κ1) is 17.9. The predicted molar refractivity (Wildman–Crippen MR) is 102 cm³/mol. The third kappa shape index (κ3) is 3.28. The molecule has 134 valence electrons. The van der Waals surface area contributed by atoms with Crippen LogP contribution in [0.1, 0.15) is 11.1 Å². The van der Waals surface area contributed by atoms with Crippen LogP contribution in [0, 0.1) is 13.8 Å². The van der Waals surface area contributed by atoms with Gasteiger partial charge in [0.15, 0.2) is 0 Å². The third-order valence-electron chi connectivity index (χ3n) is 4.17. The first-order chi connectivity index (χ1) is 12.3. The van der Waals surface area contributed by atoms with E-state index in [0.29, 0.717) is 11.1 Å². The Kier molecular flexibility index (Phi) is 4.70. The molecule has 6 heteroatoms. The highest BCUT2D eigenvalue weighted by Crippen LogP contribution is 2.34. The van der Waals surface area contributed by atoms with Gasteiger partial charge in [-0.25, -0.2) is 17.5 Å². The van der Waals surface area contributed by atoms with Crippen molar-refractivity contribution in [2.75, 3.05) is 11.4 Å². The van der Waals surface area contributed by atoms with Crippen LogP contribution in [0.3, 0.4) is 0 Å². The molecule has 0 N–H and O–H groups in total. The summed E-state index contributed by atoms with van der Waals surface area (Å²) >= 11 is 0. The van der Waals surface area contributed by atoms with Gasteiger partial charge in [-0.2, -0.15) is 0 Å². The van der Waals surface area contributed by atoms with E-state index in [0.717, 1.165) is 15.4 Å². The number of sulfonamides is 1. The Balaban J connectivity index is 2.20. The molecule has 0 aliphatic heterocycles. The molecule has 0 atom stereocenters. The van der Waals surface area contributed by atoms with E-state index in [4.69, 9.17) is 4.42 Å². The molecular formula is C20H19NO4S. The molecule has 3 aromatic rings. The minimum atomic E-state index is -3.87. The van der Waals surface area contributed by atoms with Gasteiger partial charge in [-0.15, -0.1) is 0 Å². The zero-order valence-corrected chi connectivity index (χ0v) is 15.6. The highest BCUT2D eigenvalue weighted by atomic mass is 32.2. The van der Waals surface area contributed by atoms with Crippen molar-refractivity contribution in [3.8, 4) is 11.1 Å². The molecule has 26 heavy (non-hydrogen) atoms. The van der Waals surface area contributed by atoms with Crippen LogP contribution in [0.2, 0.25) is 0 Å². The van der Waals surface area contributed by atoms with E-state index in [-0.39, 0.29) is 10.8 Å². The summed E-state index contributed by atoms with van der Waals surface area (Å²) in [6, 6.07) is 17.1. The van der Waals surface area contributed by atoms with Gasteiger partial charge in [-0.1, -0.05) is 48.0 Å². The quantitative estimate of drug-likeness (QED) is 0.702. The predicted octanol–water partition coefficient (Wildman–Crippen LogP) is 3.75. The minimum absolute atomic E-state index is 0.00164. The molecule has 0 aliphatic rings. The van der Waals surface area contributed by atoms with Crippen LogP contribution in [0.5, 0.6) is 0 Å². The van der Waals surface area contributed by atoms with Gasteiger partial charge in [0.1, 0.15) is 0 Å². The van der Waals surface area contributed by atoms with Gasteiger partial charge in [-0.05, 0) is 37.1 Å². The van der Waals surface area contributed by atoms with Crippen molar-refractivity contribution in [2.24, 2.45) is 0 Å². The maximum absolute atomic E-state index is 13.0. The molecule has 0 radical (unpaired) electrons. The monoisotopic (exact) mass is 369 g/mol. The van der Waals surface area contributed by atoms with Crippen molar-refractivity contribution < 1.29 is 12.8 Å². The molecule has 0 amide bonds. The number of hydrogen-bond donors (Lipinski definition) is 0. The fourth-order valence-corrected chi connectivity index (χ4v) is 3.89. The van der Waals surface area contributed by atoms with E-state index in [1.165, 1.54) is 25.2 Å². The van der Waals surface area contributed by atoms with Crippen LogP contribution in [0.15, 0.2) is 74.8 Å². The van der Waals surface area contributed by atoms with Gasteiger partial charge in [-0.3, -0.25) is 0 Å². The topological polar surface area (TPSA) is 67.6 Å². The molecular weight excluding hydrogens is 350 g/mol. The number of benzene rings is 2. The van der Waals surface area contributed by atoms with Crippen molar-refractivity contribution in [3.05, 3.63) is 82.2 Å². The molecule has 0 saturated carbocycles. The second kappa shape index (κ2) is 6.80. The Labute approximate surface area is 152 Å². The SMILES string of the molecule is Cc1ccc(S(=O)(=O)N(C)c2oc(=O)cc(C)c2-c2ccccc2)cc1. The lowest BCUT2D eigenvalue weighted by Gasteiger charge is -2.21. The van der Waals surface area contributed by atoms with Gasteiger partial charge in [0.2, 0.25) is 5.88 Å². The Morgan fingerprint density at radius 2 is 1.54 bits per heavy atom. The highest BCUT2D eigenvalue weighted by Gasteiger charge is 2.27. The molecule has 0 bridgehead atoms. The Hall–Kier alpha value is -2.86. The van der Waals surface area contributed by atoms with Crippen LogP contribution >= 0.6 is 0 Å². The first-order valence-corrected chi connectivity index (χ1v) is 9.50. The van der Waals surface area contributed by atoms with Crippen LogP contribution in [-0.4, -0.2) is 15.5 Å². The molecule has 0 saturated heterocycles. The first-order valence-electron chi connectivity index (χ1n) is 8.06. The number of nitrogens with zero attached hydrogens (tertiary/aromatic N) is 1. The molecule has 3 rings (SSSR count). The van der Waals surface area contributed by atoms with Gasteiger partial charge in [0, 0.05) is 18.7 Å². The summed E-state index contributed by atoms with van der Waals surface area (Å²) in [5.74, 6) is 0.00164. The average molecular weight is 369 g/mol. The Bertz CT molecular complexity index is 1080. The Morgan fingerprint density at radius 1 is 0.923 bits per heavy atom. The van der Waals surface area contributed by atoms with Crippen molar-refractivity contribution in [3.63, 3.8) is 0 Å². The number of hydrogen-bond acceptors (Lipinski definition) is 4. The fourth-order valence-electron chi connectivity index (χ4n) is 2.75. The molecule has 1 aromatic heterocycles. The van der Waals surface area contributed by atoms with E-state index < -0.39 is 15.6 Å². The largest absolute Gasteiger partial charge is 0.405 e. The van der Waals surface area contributed by atoms with E-state index in [1.807, 2.05) is 37.3 Å². The lowest BCUT2D eigenvalue weighted by atomic mass is 10.0. The van der Waals surface area contributed by atoms with Crippen molar-refractivity contribution >= 4 is 15.9 Å². The summed E-state index contributed by atoms with van der Waals surface area (Å²) in [7, 11) is -2.48. The van der Waals surface area contributed by atoms with E-state index in [1.54, 1.807) is 19.1 Å². The van der Waals surface area contributed by atoms with Gasteiger partial charge in [0.05, 0.1) is 4.90 Å². The standard InChI is InChI=1S/C20H19NO4S/c1-14-9-11-17(12-10-14)26(23,24)21(3)20-19(15(2)13-18(22)25-20)16-7-5-4-6-8-16/h4-13H,1-3H3. The maximum atomic E-state index is 13.0. The second-order valence-electron chi connectivity index (χ2n) is 6.08. The summed E-state index contributed by atoms with van der Waals surface area (Å²) in [5.41, 5.74) is 2.35. The summed E-state index contributed by atoms with van der Waals surface area (Å²) < 4.78 is 32.4. The van der Waals surface area contributed by atoms with Crippen LogP contribution < -0.4 is 9.93 Å². The van der Waals surface area contributed by atoms with Gasteiger partial charge >= 0.3 is 5.63 Å². The second-order valence-corrected chi connectivity index (χ2v) is 8.05. The molecule has 2 aromatic carbocycles. The van der Waals surface area contributed by atoms with Gasteiger partial charge in [0.25, 0.3) is 10.0 Å². The normalized spacial score (nSPS) is 11.3. The number of anilines is 1. The molecule has 0 spiro atoms. The van der Waals surface area contributed by atoms with E-state index in [2.05, 4.69) is 0 Å². The molecule has 5 nitrogen and oxygen atoms in total. The van der Waals surface area contributed by atoms with Crippen LogP contribution in [-0.2, 0) is 10.0 Å². The maximum Gasteiger partial charge on any atom is 0.337 e. The molecule has 0 fully saturated rings. The zero-order chi connectivity index (χ0) is 18.9. The van der Waals surface area contributed by atoms with Crippen molar-refractivity contribution in [2.45, 2.75) is 18.7 Å². The minimum Gasteiger partial charge on any atom is -0.405 e. The fraction of sp³-hybridized carbons (Fsp3) is 0.150. The van der Waals surface area contributed by atoms with E-state index >= 15 is 0 Å². The average Bonchev–Trinajstić information content (AvgIpc) is 2.61. The van der Waals surface area contributed by atoms with Crippen molar-refractivity contribution in [1.82, 2.24) is 0 Å². The summed E-state index contributed by atoms with van der Waals surface area (Å²) in [6.07, 6.45) is 0. The smallest absolute Gasteiger partial charge is 0.337 e. The zero-order valence-electron chi connectivity index (χ0n) is 14.8. The van der Waals surface area contributed by atoms with E-state index in [9.17, 15) is 13.2 Å². The highest BCUT2D eigenvalue weighted by molar-refractivity contribution is 7.92. The molecule has 0 unspecified atom stereocenters. The number of aryl methyl sites for hydroxylation is 2. The van der Waals surface area contributed by atoms with Gasteiger partial charge < -0.3 is 4.42 Å². The summed E-state index contributed by atoms with van der Waals surface area (Å²) in [4.78, 5) is 12.1. The molecule has 1 heterocycles. The van der Waals surface area contributed by atoms with Crippen LogP contribution in [0.25, 0.3) is 11.1 Å². The lowest BCUT2D eigenvalue weighted by molar-refractivity contribution is 0.514. The number of rotatable bonds is 4. The summed E-state index contributed by atoms with van der Waals surface area (Å²) in [5, 5.41) is 0. The third-order valence-corrected chi connectivity index (χ3v) is 5.92. The summed E-state index contributed by atoms with van der Waals surface area (Å²) in [6.45, 7) is 3.64. The lowest BCUT2D eigenvalue weighted by Crippen LogP contribution is -2.28. The Morgan fingerprint density at radius 3 is 2.15 bits per heavy atom. The molecule has 0 aliphatic carbocycles.